The molecule has 4 nitrogen and oxygen atoms in total. The Morgan fingerprint density at radius 3 is 3.21 bits per heavy atom. The maximum atomic E-state index is 5.39. The predicted molar refractivity (Wildman–Crippen MR) is 57.0 cm³/mol. The molecule has 0 aromatic carbocycles. The summed E-state index contributed by atoms with van der Waals surface area (Å²) in [5.41, 5.74) is 6.36. The number of hydrogen-bond acceptors (Lipinski definition) is 5. The van der Waals surface area contributed by atoms with Crippen LogP contribution in [0.4, 0.5) is 0 Å². The van der Waals surface area contributed by atoms with Gasteiger partial charge in [-0.25, -0.2) is 0 Å². The second-order valence-electron chi connectivity index (χ2n) is 2.91. The summed E-state index contributed by atoms with van der Waals surface area (Å²) in [5, 5.41) is 3.93. The normalized spacial score (nSPS) is 10.7. The van der Waals surface area contributed by atoms with Gasteiger partial charge in [0.2, 0.25) is 0 Å². The van der Waals surface area contributed by atoms with Crippen LogP contribution in [0.15, 0.2) is 10.6 Å². The zero-order valence-corrected chi connectivity index (χ0v) is 9.18. The fourth-order valence-corrected chi connectivity index (χ4v) is 1.86. The first-order chi connectivity index (χ1) is 6.86. The van der Waals surface area contributed by atoms with Gasteiger partial charge in [-0.15, -0.1) is 0 Å². The number of nitrogens with two attached hydrogens (primary N) is 1. The second-order valence-corrected chi connectivity index (χ2v) is 4.02. The molecule has 0 spiro atoms. The van der Waals surface area contributed by atoms with Gasteiger partial charge < -0.3 is 15.0 Å². The second kappa shape index (κ2) is 6.86. The summed E-state index contributed by atoms with van der Waals surface area (Å²) in [6, 6.07) is 1.93. The van der Waals surface area contributed by atoms with E-state index in [0.29, 0.717) is 6.61 Å². The van der Waals surface area contributed by atoms with Gasteiger partial charge in [0, 0.05) is 18.9 Å². The zero-order chi connectivity index (χ0) is 10.2. The van der Waals surface area contributed by atoms with Crippen molar-refractivity contribution in [3.8, 4) is 0 Å². The molecule has 2 N–H and O–H groups in total. The van der Waals surface area contributed by atoms with Gasteiger partial charge in [-0.05, 0) is 18.7 Å². The summed E-state index contributed by atoms with van der Waals surface area (Å²) >= 11 is 1.82. The highest BCUT2D eigenvalue weighted by molar-refractivity contribution is 7.98. The largest absolute Gasteiger partial charge is 0.377 e. The maximum absolute atomic E-state index is 5.39. The lowest BCUT2D eigenvalue weighted by atomic mass is 10.4. The molecule has 1 aromatic heterocycles. The van der Waals surface area contributed by atoms with Gasteiger partial charge in [0.15, 0.2) is 5.76 Å². The van der Waals surface area contributed by atoms with Gasteiger partial charge in [0.05, 0.1) is 5.69 Å². The highest BCUT2D eigenvalue weighted by atomic mass is 32.2. The molecule has 14 heavy (non-hydrogen) atoms. The Balaban J connectivity index is 2.22. The Morgan fingerprint density at radius 2 is 2.50 bits per heavy atom. The molecule has 5 heteroatoms. The SMILES string of the molecule is COCc1cc(CSCCCN)no1. The number of hydrogen-bond donors (Lipinski definition) is 1. The standard InChI is InChI=1S/C9H16N2O2S/c1-12-6-9-5-8(11-13-9)7-14-4-2-3-10/h5H,2-4,6-7,10H2,1H3. The Labute approximate surface area is 88.2 Å². The molecule has 0 aliphatic rings. The van der Waals surface area contributed by atoms with Gasteiger partial charge in [-0.2, -0.15) is 11.8 Å². The van der Waals surface area contributed by atoms with Crippen molar-refractivity contribution in [3.05, 3.63) is 17.5 Å². The van der Waals surface area contributed by atoms with Crippen molar-refractivity contribution in [2.24, 2.45) is 5.73 Å². The van der Waals surface area contributed by atoms with Gasteiger partial charge in [-0.1, -0.05) is 5.16 Å². The minimum absolute atomic E-state index is 0.487. The molecule has 0 fully saturated rings. The van der Waals surface area contributed by atoms with E-state index in [-0.39, 0.29) is 0 Å². The summed E-state index contributed by atoms with van der Waals surface area (Å²) in [7, 11) is 1.64. The summed E-state index contributed by atoms with van der Waals surface area (Å²) in [6.45, 7) is 1.24. The van der Waals surface area contributed by atoms with Crippen molar-refractivity contribution in [1.29, 1.82) is 0 Å². The lowest BCUT2D eigenvalue weighted by Gasteiger charge is -1.95. The Hall–Kier alpha value is -0.520. The van der Waals surface area contributed by atoms with E-state index in [2.05, 4.69) is 5.16 Å². The smallest absolute Gasteiger partial charge is 0.162 e. The van der Waals surface area contributed by atoms with Gasteiger partial charge in [-0.3, -0.25) is 0 Å². The van der Waals surface area contributed by atoms with E-state index in [1.165, 1.54) is 0 Å². The molecular formula is C9H16N2O2S. The number of methoxy groups -OCH3 is 1. The van der Waals surface area contributed by atoms with Crippen LogP contribution >= 0.6 is 11.8 Å². The van der Waals surface area contributed by atoms with Crippen LogP contribution in [0.25, 0.3) is 0 Å². The van der Waals surface area contributed by atoms with E-state index in [4.69, 9.17) is 15.0 Å². The van der Waals surface area contributed by atoms with Crippen LogP contribution < -0.4 is 5.73 Å². The molecule has 80 valence electrons. The minimum Gasteiger partial charge on any atom is -0.377 e. The molecule has 1 rings (SSSR count). The van der Waals surface area contributed by atoms with Gasteiger partial charge in [0.1, 0.15) is 6.61 Å². The highest BCUT2D eigenvalue weighted by Gasteiger charge is 2.03. The molecule has 0 bridgehead atoms. The van der Waals surface area contributed by atoms with Crippen LogP contribution in [0.5, 0.6) is 0 Å². The van der Waals surface area contributed by atoms with Crippen molar-refractivity contribution in [2.45, 2.75) is 18.8 Å². The molecule has 0 amide bonds. The quantitative estimate of drug-likeness (QED) is 0.698. The third-order valence-corrected chi connectivity index (χ3v) is 2.71. The van der Waals surface area contributed by atoms with Crippen molar-refractivity contribution in [1.82, 2.24) is 5.16 Å². The van der Waals surface area contributed by atoms with E-state index in [1.807, 2.05) is 17.8 Å². The summed E-state index contributed by atoms with van der Waals surface area (Å²) < 4.78 is 9.98. The lowest BCUT2D eigenvalue weighted by molar-refractivity contribution is 0.156. The molecular weight excluding hydrogens is 200 g/mol. The summed E-state index contributed by atoms with van der Waals surface area (Å²) in [4.78, 5) is 0. The van der Waals surface area contributed by atoms with Crippen molar-refractivity contribution < 1.29 is 9.26 Å². The third-order valence-electron chi connectivity index (χ3n) is 1.64. The average Bonchev–Trinajstić information content (AvgIpc) is 2.61. The molecule has 1 aromatic rings. The van der Waals surface area contributed by atoms with Gasteiger partial charge in [0.25, 0.3) is 0 Å². The van der Waals surface area contributed by atoms with Gasteiger partial charge >= 0.3 is 0 Å². The number of ether oxygens (including phenoxy) is 1. The molecule has 0 saturated heterocycles. The number of thioether (sulfide) groups is 1. The average molecular weight is 216 g/mol. The first-order valence-electron chi connectivity index (χ1n) is 4.58. The number of nitrogens with zero attached hydrogens (tertiary/aromatic N) is 1. The topological polar surface area (TPSA) is 61.3 Å². The molecule has 0 unspecified atom stereocenters. The van der Waals surface area contributed by atoms with Crippen molar-refractivity contribution >= 4 is 11.8 Å². The van der Waals surface area contributed by atoms with Crippen molar-refractivity contribution in [3.63, 3.8) is 0 Å². The highest BCUT2D eigenvalue weighted by Crippen LogP contribution is 2.13. The predicted octanol–water partition coefficient (Wildman–Crippen LogP) is 1.40. The van der Waals surface area contributed by atoms with E-state index in [0.717, 1.165) is 35.9 Å². The molecule has 0 aliphatic carbocycles. The number of rotatable bonds is 7. The van der Waals surface area contributed by atoms with Crippen LogP contribution in [0.1, 0.15) is 17.9 Å². The Kier molecular flexibility index (Phi) is 5.66. The van der Waals surface area contributed by atoms with E-state index in [1.54, 1.807) is 7.11 Å². The first kappa shape index (κ1) is 11.6. The molecule has 0 saturated carbocycles. The fraction of sp³-hybridized carbons (Fsp3) is 0.667. The zero-order valence-electron chi connectivity index (χ0n) is 8.36. The van der Waals surface area contributed by atoms with Crippen LogP contribution in [0, 0.1) is 0 Å². The Morgan fingerprint density at radius 1 is 1.64 bits per heavy atom. The first-order valence-corrected chi connectivity index (χ1v) is 5.73. The van der Waals surface area contributed by atoms with Crippen molar-refractivity contribution in [2.75, 3.05) is 19.4 Å². The molecule has 0 radical (unpaired) electrons. The van der Waals surface area contributed by atoms with E-state index < -0.39 is 0 Å². The molecule has 0 atom stereocenters. The monoisotopic (exact) mass is 216 g/mol. The fourth-order valence-electron chi connectivity index (χ4n) is 0.996. The maximum Gasteiger partial charge on any atom is 0.162 e. The molecule has 0 aliphatic heterocycles. The Bertz CT molecular complexity index is 253. The molecule has 1 heterocycles. The third kappa shape index (κ3) is 4.13. The van der Waals surface area contributed by atoms with Crippen LogP contribution in [0.2, 0.25) is 0 Å². The van der Waals surface area contributed by atoms with Crippen LogP contribution in [-0.4, -0.2) is 24.6 Å². The van der Waals surface area contributed by atoms with E-state index in [9.17, 15) is 0 Å². The summed E-state index contributed by atoms with van der Waals surface area (Å²) in [6.07, 6.45) is 1.05. The summed E-state index contributed by atoms with van der Waals surface area (Å²) in [5.74, 6) is 2.73. The van der Waals surface area contributed by atoms with E-state index >= 15 is 0 Å². The number of aromatic nitrogens is 1. The minimum atomic E-state index is 0.487. The van der Waals surface area contributed by atoms with Crippen LogP contribution in [-0.2, 0) is 17.1 Å². The lowest BCUT2D eigenvalue weighted by Crippen LogP contribution is -1.99. The van der Waals surface area contributed by atoms with Crippen LogP contribution in [0.3, 0.4) is 0 Å².